The van der Waals surface area contributed by atoms with Crippen molar-refractivity contribution >= 4 is 29.1 Å². The van der Waals surface area contributed by atoms with Crippen LogP contribution in [0.5, 0.6) is 5.75 Å². The van der Waals surface area contributed by atoms with Crippen LogP contribution in [-0.4, -0.2) is 24.2 Å². The summed E-state index contributed by atoms with van der Waals surface area (Å²) in [5.74, 6) is 0.243. The molecule has 2 aliphatic carbocycles. The summed E-state index contributed by atoms with van der Waals surface area (Å²) in [7, 11) is 0. The molecule has 3 unspecified atom stereocenters. The first-order valence-electron chi connectivity index (χ1n) is 8.94. The molecule has 1 aromatic carbocycles. The van der Waals surface area contributed by atoms with Crippen molar-refractivity contribution in [3.05, 3.63) is 51.5 Å². The van der Waals surface area contributed by atoms with E-state index in [0.717, 1.165) is 30.4 Å². The van der Waals surface area contributed by atoms with Crippen molar-refractivity contribution in [3.8, 4) is 5.75 Å². The second kappa shape index (κ2) is 8.45. The Morgan fingerprint density at radius 2 is 2.23 bits per heavy atom. The van der Waals surface area contributed by atoms with Gasteiger partial charge in [0.1, 0.15) is 11.9 Å². The number of hydrogen-bond donors (Lipinski definition) is 1. The third-order valence-corrected chi connectivity index (χ3v) is 5.35. The fraction of sp³-hybridized carbons (Fsp3) is 0.450. The average Bonchev–Trinajstić information content (AvgIpc) is 2.61. The van der Waals surface area contributed by atoms with Crippen LogP contribution < -0.4 is 10.1 Å². The van der Waals surface area contributed by atoms with Gasteiger partial charge in [-0.05, 0) is 49.5 Å². The Hall–Kier alpha value is -1.52. The van der Waals surface area contributed by atoms with Crippen LogP contribution in [0.1, 0.15) is 39.0 Å². The minimum Gasteiger partial charge on any atom is -0.479 e. The number of nitrogens with one attached hydrogen (secondary N) is 1. The lowest BCUT2D eigenvalue weighted by Crippen LogP contribution is -2.45. The summed E-state index contributed by atoms with van der Waals surface area (Å²) in [4.78, 5) is 12.7. The van der Waals surface area contributed by atoms with Gasteiger partial charge in [-0.25, -0.2) is 4.39 Å². The number of benzene rings is 1. The van der Waals surface area contributed by atoms with Crippen LogP contribution >= 0.6 is 23.2 Å². The second-order valence-corrected chi connectivity index (χ2v) is 7.52. The van der Waals surface area contributed by atoms with E-state index in [0.29, 0.717) is 28.6 Å². The lowest BCUT2D eigenvalue weighted by Gasteiger charge is -2.31. The van der Waals surface area contributed by atoms with Gasteiger partial charge in [0.15, 0.2) is 6.10 Å². The van der Waals surface area contributed by atoms with E-state index in [4.69, 9.17) is 27.9 Å². The number of allylic oxidation sites excluding steroid dienone is 2. The molecular formula is C20H22Cl2FNO2. The molecule has 0 aliphatic heterocycles. The van der Waals surface area contributed by atoms with Crippen molar-refractivity contribution in [2.24, 2.45) is 0 Å². The summed E-state index contributed by atoms with van der Waals surface area (Å²) < 4.78 is 19.4. The number of hydrogen-bond acceptors (Lipinski definition) is 2. The maximum atomic E-state index is 13.6. The Kier molecular flexibility index (Phi) is 6.25. The standard InChI is InChI=1S/C20H22Cl2FNO2/c1-2-18(26-19-9-6-13(21)11-16(19)22)20(25)24-17-5-3-4-12-10-14(23)7-8-15(12)17/h6-9,11,14,17-18H,2-5,10H2,1H3,(H,24,25). The molecule has 3 rings (SSSR count). The molecule has 1 amide bonds. The third-order valence-electron chi connectivity index (χ3n) is 4.82. The van der Waals surface area contributed by atoms with Gasteiger partial charge in [-0.3, -0.25) is 4.79 Å². The van der Waals surface area contributed by atoms with Crippen molar-refractivity contribution in [1.29, 1.82) is 0 Å². The average molecular weight is 398 g/mol. The van der Waals surface area contributed by atoms with Crippen molar-refractivity contribution in [3.63, 3.8) is 0 Å². The predicted molar refractivity (Wildman–Crippen MR) is 103 cm³/mol. The Morgan fingerprint density at radius 3 is 2.96 bits per heavy atom. The van der Waals surface area contributed by atoms with Crippen LogP contribution in [0, 0.1) is 0 Å². The predicted octanol–water partition coefficient (Wildman–Crippen LogP) is 5.41. The van der Waals surface area contributed by atoms with Gasteiger partial charge in [0.2, 0.25) is 0 Å². The van der Waals surface area contributed by atoms with Gasteiger partial charge in [-0.2, -0.15) is 0 Å². The zero-order chi connectivity index (χ0) is 18.7. The van der Waals surface area contributed by atoms with Crippen LogP contribution in [0.4, 0.5) is 4.39 Å². The van der Waals surface area contributed by atoms with Gasteiger partial charge in [-0.15, -0.1) is 0 Å². The molecule has 0 fully saturated rings. The maximum absolute atomic E-state index is 13.6. The highest BCUT2D eigenvalue weighted by molar-refractivity contribution is 6.35. The normalized spacial score (nSPS) is 23.4. The summed E-state index contributed by atoms with van der Waals surface area (Å²) in [5, 5.41) is 3.95. The molecule has 6 heteroatoms. The first-order chi connectivity index (χ1) is 12.5. The molecule has 0 bridgehead atoms. The Labute approximate surface area is 163 Å². The van der Waals surface area contributed by atoms with E-state index < -0.39 is 12.3 Å². The number of halogens is 3. The number of rotatable bonds is 5. The summed E-state index contributed by atoms with van der Waals surface area (Å²) in [6, 6.07) is 4.83. The number of ether oxygens (including phenoxy) is 1. The van der Waals surface area contributed by atoms with Crippen molar-refractivity contribution in [2.45, 2.75) is 57.3 Å². The number of alkyl halides is 1. The SMILES string of the molecule is CCC(Oc1ccc(Cl)cc1Cl)C(=O)NC1CCCC2=C1C=CC(F)C2. The van der Waals surface area contributed by atoms with E-state index in [2.05, 4.69) is 5.32 Å². The summed E-state index contributed by atoms with van der Waals surface area (Å²) in [6.45, 7) is 1.88. The van der Waals surface area contributed by atoms with Gasteiger partial charge in [0.05, 0.1) is 11.1 Å². The minimum atomic E-state index is -0.915. The molecule has 0 spiro atoms. The van der Waals surface area contributed by atoms with E-state index in [1.807, 2.05) is 13.0 Å². The van der Waals surface area contributed by atoms with Gasteiger partial charge in [0.25, 0.3) is 5.91 Å². The van der Waals surface area contributed by atoms with Gasteiger partial charge < -0.3 is 10.1 Å². The Balaban J connectivity index is 1.69. The molecule has 0 saturated heterocycles. The molecular weight excluding hydrogens is 376 g/mol. The third kappa shape index (κ3) is 4.41. The van der Waals surface area contributed by atoms with Crippen LogP contribution in [-0.2, 0) is 4.79 Å². The highest BCUT2D eigenvalue weighted by Gasteiger charge is 2.29. The molecule has 3 atom stereocenters. The first-order valence-corrected chi connectivity index (χ1v) is 9.69. The lowest BCUT2D eigenvalue weighted by atomic mass is 9.82. The Bertz CT molecular complexity index is 747. The molecule has 2 aliphatic rings. The molecule has 0 heterocycles. The lowest BCUT2D eigenvalue weighted by molar-refractivity contribution is -0.128. The highest BCUT2D eigenvalue weighted by atomic mass is 35.5. The molecule has 26 heavy (non-hydrogen) atoms. The van der Waals surface area contributed by atoms with Gasteiger partial charge >= 0.3 is 0 Å². The van der Waals surface area contributed by atoms with Crippen molar-refractivity contribution in [2.75, 3.05) is 0 Å². The number of carbonyl (C=O) groups excluding carboxylic acids is 1. The molecule has 1 N–H and O–H groups in total. The largest absolute Gasteiger partial charge is 0.479 e. The molecule has 0 saturated carbocycles. The van der Waals surface area contributed by atoms with Crippen molar-refractivity contribution < 1.29 is 13.9 Å². The van der Waals surface area contributed by atoms with E-state index in [1.54, 1.807) is 24.3 Å². The monoisotopic (exact) mass is 397 g/mol. The molecule has 3 nitrogen and oxygen atoms in total. The summed E-state index contributed by atoms with van der Waals surface area (Å²) >= 11 is 12.0. The molecule has 0 aromatic heterocycles. The highest BCUT2D eigenvalue weighted by Crippen LogP contribution is 2.33. The van der Waals surface area contributed by atoms with Crippen LogP contribution in [0.2, 0.25) is 10.0 Å². The summed E-state index contributed by atoms with van der Waals surface area (Å²) in [6.07, 6.45) is 5.48. The Morgan fingerprint density at radius 1 is 1.42 bits per heavy atom. The van der Waals surface area contributed by atoms with Crippen LogP contribution in [0.25, 0.3) is 0 Å². The number of carbonyl (C=O) groups is 1. The van der Waals surface area contributed by atoms with Crippen LogP contribution in [0.3, 0.4) is 0 Å². The quantitative estimate of drug-likeness (QED) is 0.720. The first kappa shape index (κ1) is 19.2. The number of amides is 1. The van der Waals surface area contributed by atoms with E-state index >= 15 is 0 Å². The smallest absolute Gasteiger partial charge is 0.261 e. The van der Waals surface area contributed by atoms with E-state index in [-0.39, 0.29) is 11.9 Å². The van der Waals surface area contributed by atoms with E-state index in [9.17, 15) is 9.18 Å². The zero-order valence-electron chi connectivity index (χ0n) is 14.6. The fourth-order valence-corrected chi connectivity index (χ4v) is 3.95. The topological polar surface area (TPSA) is 38.3 Å². The van der Waals surface area contributed by atoms with Gasteiger partial charge in [0, 0.05) is 11.4 Å². The fourth-order valence-electron chi connectivity index (χ4n) is 3.49. The minimum absolute atomic E-state index is 0.0895. The van der Waals surface area contributed by atoms with Crippen molar-refractivity contribution in [1.82, 2.24) is 5.32 Å². The molecule has 1 aromatic rings. The molecule has 0 radical (unpaired) electrons. The summed E-state index contributed by atoms with van der Waals surface area (Å²) in [5.41, 5.74) is 2.17. The second-order valence-electron chi connectivity index (χ2n) is 6.68. The zero-order valence-corrected chi connectivity index (χ0v) is 16.1. The van der Waals surface area contributed by atoms with E-state index in [1.165, 1.54) is 0 Å². The maximum Gasteiger partial charge on any atom is 0.261 e. The van der Waals surface area contributed by atoms with Crippen LogP contribution in [0.15, 0.2) is 41.5 Å². The molecule has 140 valence electrons. The van der Waals surface area contributed by atoms with Gasteiger partial charge in [-0.1, -0.05) is 47.9 Å².